The summed E-state index contributed by atoms with van der Waals surface area (Å²) in [5.74, 6) is 0.485. The van der Waals surface area contributed by atoms with Crippen LogP contribution in [0.15, 0.2) is 24.3 Å². The minimum Gasteiger partial charge on any atom is -0.393 e. The van der Waals surface area contributed by atoms with Crippen molar-refractivity contribution in [2.24, 2.45) is 5.92 Å². The SMILES string of the molecule is OC1CCCC1CNC1Cc2ccccc2C1. The average molecular weight is 231 g/mol. The summed E-state index contributed by atoms with van der Waals surface area (Å²) in [4.78, 5) is 0. The molecule has 0 saturated heterocycles. The van der Waals surface area contributed by atoms with E-state index in [1.54, 1.807) is 0 Å². The zero-order valence-corrected chi connectivity index (χ0v) is 10.2. The van der Waals surface area contributed by atoms with Gasteiger partial charge in [0.05, 0.1) is 6.10 Å². The number of aliphatic hydroxyl groups is 1. The summed E-state index contributed by atoms with van der Waals surface area (Å²) in [5.41, 5.74) is 2.99. The molecule has 3 rings (SSSR count). The van der Waals surface area contributed by atoms with E-state index in [0.29, 0.717) is 12.0 Å². The molecule has 1 fully saturated rings. The van der Waals surface area contributed by atoms with E-state index in [1.807, 2.05) is 0 Å². The van der Waals surface area contributed by atoms with Gasteiger partial charge in [-0.25, -0.2) is 0 Å². The minimum atomic E-state index is -0.0636. The van der Waals surface area contributed by atoms with E-state index < -0.39 is 0 Å². The first kappa shape index (κ1) is 11.2. The summed E-state index contributed by atoms with van der Waals surface area (Å²) in [5, 5.41) is 13.4. The highest BCUT2D eigenvalue weighted by Crippen LogP contribution is 2.26. The Morgan fingerprint density at radius 3 is 2.41 bits per heavy atom. The Labute approximate surface area is 103 Å². The van der Waals surface area contributed by atoms with Gasteiger partial charge >= 0.3 is 0 Å². The molecule has 0 aromatic heterocycles. The predicted octanol–water partition coefficient (Wildman–Crippen LogP) is 1.90. The lowest BCUT2D eigenvalue weighted by Crippen LogP contribution is -2.36. The van der Waals surface area contributed by atoms with Crippen LogP contribution < -0.4 is 5.32 Å². The molecular weight excluding hydrogens is 210 g/mol. The van der Waals surface area contributed by atoms with E-state index in [4.69, 9.17) is 0 Å². The molecule has 17 heavy (non-hydrogen) atoms. The zero-order chi connectivity index (χ0) is 11.7. The monoisotopic (exact) mass is 231 g/mol. The van der Waals surface area contributed by atoms with Gasteiger partial charge in [-0.1, -0.05) is 30.7 Å². The second-order valence-corrected chi connectivity index (χ2v) is 5.54. The Balaban J connectivity index is 1.52. The van der Waals surface area contributed by atoms with Crippen LogP contribution in [0, 0.1) is 5.92 Å². The predicted molar refractivity (Wildman–Crippen MR) is 69.0 cm³/mol. The number of nitrogens with one attached hydrogen (secondary N) is 1. The smallest absolute Gasteiger partial charge is 0.0580 e. The lowest BCUT2D eigenvalue weighted by molar-refractivity contribution is 0.130. The van der Waals surface area contributed by atoms with E-state index in [2.05, 4.69) is 29.6 Å². The second kappa shape index (κ2) is 4.79. The highest BCUT2D eigenvalue weighted by atomic mass is 16.3. The molecule has 0 radical (unpaired) electrons. The molecule has 0 aliphatic heterocycles. The summed E-state index contributed by atoms with van der Waals surface area (Å²) in [6.45, 7) is 0.986. The molecule has 2 aliphatic rings. The van der Waals surface area contributed by atoms with Crippen LogP contribution in [0.4, 0.5) is 0 Å². The van der Waals surface area contributed by atoms with Gasteiger partial charge in [0, 0.05) is 12.6 Å². The summed E-state index contributed by atoms with van der Waals surface area (Å²) in [7, 11) is 0. The average Bonchev–Trinajstić information content (AvgIpc) is 2.92. The Hall–Kier alpha value is -0.860. The number of hydrogen-bond acceptors (Lipinski definition) is 2. The fraction of sp³-hybridized carbons (Fsp3) is 0.600. The van der Waals surface area contributed by atoms with Crippen LogP contribution in [0.2, 0.25) is 0 Å². The van der Waals surface area contributed by atoms with E-state index in [9.17, 15) is 5.11 Å². The molecule has 1 saturated carbocycles. The zero-order valence-electron chi connectivity index (χ0n) is 10.2. The van der Waals surface area contributed by atoms with Gasteiger partial charge in [-0.15, -0.1) is 0 Å². The van der Waals surface area contributed by atoms with Crippen molar-refractivity contribution in [3.8, 4) is 0 Å². The topological polar surface area (TPSA) is 32.3 Å². The third-order valence-electron chi connectivity index (χ3n) is 4.34. The van der Waals surface area contributed by atoms with Crippen molar-refractivity contribution in [2.75, 3.05) is 6.54 Å². The van der Waals surface area contributed by atoms with E-state index in [-0.39, 0.29) is 6.10 Å². The van der Waals surface area contributed by atoms with Crippen LogP contribution in [-0.4, -0.2) is 23.8 Å². The molecule has 2 aliphatic carbocycles. The fourth-order valence-corrected chi connectivity index (χ4v) is 3.28. The third-order valence-corrected chi connectivity index (χ3v) is 4.34. The van der Waals surface area contributed by atoms with Gasteiger partial charge in [0.1, 0.15) is 0 Å². The Kier molecular flexibility index (Phi) is 3.17. The van der Waals surface area contributed by atoms with Crippen LogP contribution in [0.5, 0.6) is 0 Å². The molecular formula is C15H21NO. The molecule has 1 aromatic carbocycles. The van der Waals surface area contributed by atoms with Crippen molar-refractivity contribution in [1.82, 2.24) is 5.32 Å². The molecule has 0 bridgehead atoms. The maximum Gasteiger partial charge on any atom is 0.0580 e. The number of aliphatic hydroxyl groups excluding tert-OH is 1. The summed E-state index contributed by atoms with van der Waals surface area (Å²) in [6.07, 6.45) is 5.62. The Morgan fingerprint density at radius 2 is 1.82 bits per heavy atom. The molecule has 2 nitrogen and oxygen atoms in total. The molecule has 2 heteroatoms. The van der Waals surface area contributed by atoms with Crippen LogP contribution in [0.1, 0.15) is 30.4 Å². The Morgan fingerprint density at radius 1 is 1.12 bits per heavy atom. The molecule has 2 atom stereocenters. The van der Waals surface area contributed by atoms with Crippen molar-refractivity contribution >= 4 is 0 Å². The van der Waals surface area contributed by atoms with Gasteiger partial charge < -0.3 is 10.4 Å². The molecule has 2 N–H and O–H groups in total. The second-order valence-electron chi connectivity index (χ2n) is 5.54. The molecule has 92 valence electrons. The quantitative estimate of drug-likeness (QED) is 0.833. The molecule has 1 aromatic rings. The minimum absolute atomic E-state index is 0.0636. The lowest BCUT2D eigenvalue weighted by Gasteiger charge is -2.18. The van der Waals surface area contributed by atoms with Gasteiger partial charge in [0.15, 0.2) is 0 Å². The van der Waals surface area contributed by atoms with Crippen LogP contribution in [0.3, 0.4) is 0 Å². The molecule has 0 heterocycles. The highest BCUT2D eigenvalue weighted by molar-refractivity contribution is 5.33. The normalized spacial score (nSPS) is 28.5. The van der Waals surface area contributed by atoms with Crippen molar-refractivity contribution in [3.05, 3.63) is 35.4 Å². The first-order valence-electron chi connectivity index (χ1n) is 6.81. The van der Waals surface area contributed by atoms with Crippen LogP contribution >= 0.6 is 0 Å². The first-order valence-corrected chi connectivity index (χ1v) is 6.81. The first-order chi connectivity index (χ1) is 8.33. The Bertz CT molecular complexity index is 365. The van der Waals surface area contributed by atoms with Gasteiger partial charge in [0.2, 0.25) is 0 Å². The maximum atomic E-state index is 9.80. The lowest BCUT2D eigenvalue weighted by atomic mass is 10.1. The van der Waals surface area contributed by atoms with E-state index >= 15 is 0 Å². The highest BCUT2D eigenvalue weighted by Gasteiger charge is 2.27. The van der Waals surface area contributed by atoms with Gasteiger partial charge in [-0.05, 0) is 42.7 Å². The van der Waals surface area contributed by atoms with Gasteiger partial charge in [-0.3, -0.25) is 0 Å². The maximum absolute atomic E-state index is 9.80. The number of fused-ring (bicyclic) bond motifs is 1. The summed E-state index contributed by atoms with van der Waals surface area (Å²) in [6, 6.07) is 9.31. The van der Waals surface area contributed by atoms with Crippen molar-refractivity contribution in [3.63, 3.8) is 0 Å². The number of rotatable bonds is 3. The fourth-order valence-electron chi connectivity index (χ4n) is 3.28. The third kappa shape index (κ3) is 2.38. The van der Waals surface area contributed by atoms with E-state index in [0.717, 1.165) is 25.8 Å². The number of benzene rings is 1. The van der Waals surface area contributed by atoms with Gasteiger partial charge in [0.25, 0.3) is 0 Å². The molecule has 2 unspecified atom stereocenters. The molecule has 0 spiro atoms. The van der Waals surface area contributed by atoms with E-state index in [1.165, 1.54) is 24.0 Å². The summed E-state index contributed by atoms with van der Waals surface area (Å²) >= 11 is 0. The van der Waals surface area contributed by atoms with Crippen molar-refractivity contribution in [2.45, 2.75) is 44.2 Å². The van der Waals surface area contributed by atoms with Crippen LogP contribution in [-0.2, 0) is 12.8 Å². The van der Waals surface area contributed by atoms with Crippen molar-refractivity contribution < 1.29 is 5.11 Å². The van der Waals surface area contributed by atoms with Gasteiger partial charge in [-0.2, -0.15) is 0 Å². The standard InChI is InChI=1S/C15H21NO/c17-15-7-3-6-13(15)10-16-14-8-11-4-1-2-5-12(11)9-14/h1-2,4-5,13-17H,3,6-10H2. The number of hydrogen-bond donors (Lipinski definition) is 2. The largest absolute Gasteiger partial charge is 0.393 e. The summed E-state index contributed by atoms with van der Waals surface area (Å²) < 4.78 is 0. The molecule has 0 amide bonds. The van der Waals surface area contributed by atoms with Crippen molar-refractivity contribution in [1.29, 1.82) is 0 Å². The van der Waals surface area contributed by atoms with Crippen LogP contribution in [0.25, 0.3) is 0 Å².